The maximum Gasteiger partial charge on any atom is 0.320 e. The first-order valence-electron chi connectivity index (χ1n) is 7.11. The number of hydrogen-bond donors (Lipinski definition) is 2. The predicted octanol–water partition coefficient (Wildman–Crippen LogP) is 2.27. The van der Waals surface area contributed by atoms with Crippen molar-refractivity contribution >= 4 is 11.9 Å². The van der Waals surface area contributed by atoms with Gasteiger partial charge in [-0.15, -0.1) is 0 Å². The molecular formula is C14H24O6. The minimum Gasteiger partial charge on any atom is -0.480 e. The summed E-state index contributed by atoms with van der Waals surface area (Å²) in [6.45, 7) is 4.50. The molecule has 0 aliphatic carbocycles. The molecule has 0 amide bonds. The highest BCUT2D eigenvalue weighted by atomic mass is 16.7. The zero-order valence-electron chi connectivity index (χ0n) is 12.2. The minimum absolute atomic E-state index is 0.137. The van der Waals surface area contributed by atoms with Gasteiger partial charge >= 0.3 is 11.9 Å². The lowest BCUT2D eigenvalue weighted by Gasteiger charge is -2.26. The first-order chi connectivity index (χ1) is 9.36. The van der Waals surface area contributed by atoms with E-state index in [0.29, 0.717) is 19.6 Å². The molecule has 0 aromatic heterocycles. The van der Waals surface area contributed by atoms with Crippen molar-refractivity contribution in [2.75, 3.05) is 13.2 Å². The van der Waals surface area contributed by atoms with Crippen LogP contribution < -0.4 is 0 Å². The van der Waals surface area contributed by atoms with Crippen LogP contribution in [0.2, 0.25) is 0 Å². The molecule has 0 saturated carbocycles. The van der Waals surface area contributed by atoms with Gasteiger partial charge in [-0.05, 0) is 26.2 Å². The van der Waals surface area contributed by atoms with E-state index in [-0.39, 0.29) is 6.42 Å². The van der Waals surface area contributed by atoms with Crippen molar-refractivity contribution in [2.45, 2.75) is 58.2 Å². The van der Waals surface area contributed by atoms with Gasteiger partial charge in [-0.1, -0.05) is 19.8 Å². The quantitative estimate of drug-likeness (QED) is 0.499. The number of hydrogen-bond acceptors (Lipinski definition) is 4. The van der Waals surface area contributed by atoms with Crippen LogP contribution in [0.3, 0.4) is 0 Å². The van der Waals surface area contributed by atoms with Gasteiger partial charge in [0, 0.05) is 6.42 Å². The molecule has 116 valence electrons. The molecule has 1 fully saturated rings. The second-order valence-corrected chi connectivity index (χ2v) is 5.46. The molecule has 0 radical (unpaired) electrons. The van der Waals surface area contributed by atoms with Crippen molar-refractivity contribution in [3.63, 3.8) is 0 Å². The molecule has 0 bridgehead atoms. The molecule has 0 unspecified atom stereocenters. The van der Waals surface area contributed by atoms with Crippen molar-refractivity contribution in [3.05, 3.63) is 0 Å². The topological polar surface area (TPSA) is 93.1 Å². The van der Waals surface area contributed by atoms with Crippen LogP contribution in [0, 0.1) is 5.41 Å². The van der Waals surface area contributed by atoms with Crippen molar-refractivity contribution in [1.82, 2.24) is 0 Å². The van der Waals surface area contributed by atoms with E-state index in [2.05, 4.69) is 0 Å². The average molecular weight is 288 g/mol. The highest BCUT2D eigenvalue weighted by Gasteiger charge is 2.41. The fourth-order valence-electron chi connectivity index (χ4n) is 2.38. The Morgan fingerprint density at radius 3 is 2.10 bits per heavy atom. The van der Waals surface area contributed by atoms with E-state index < -0.39 is 23.1 Å². The lowest BCUT2D eigenvalue weighted by Crippen LogP contribution is -2.36. The summed E-state index contributed by atoms with van der Waals surface area (Å²) in [7, 11) is 0. The van der Waals surface area contributed by atoms with Crippen LogP contribution in [0.25, 0.3) is 0 Å². The maximum absolute atomic E-state index is 11.0. The van der Waals surface area contributed by atoms with Gasteiger partial charge in [-0.3, -0.25) is 9.59 Å². The molecule has 1 heterocycles. The molecule has 0 spiro atoms. The van der Waals surface area contributed by atoms with Crippen molar-refractivity contribution in [1.29, 1.82) is 0 Å². The number of unbranched alkanes of at least 4 members (excludes halogenated alkanes) is 2. The zero-order chi connectivity index (χ0) is 15.2. The molecular weight excluding hydrogens is 264 g/mol. The number of aliphatic carboxylic acids is 2. The van der Waals surface area contributed by atoms with E-state index in [1.165, 1.54) is 6.92 Å². The SMILES string of the molecule is CCC1(CCCCCC(C)(C(=O)O)C(=O)O)OCCO1. The number of ether oxygens (including phenoxy) is 2. The first kappa shape index (κ1) is 16.9. The molecule has 6 nitrogen and oxygen atoms in total. The van der Waals surface area contributed by atoms with Crippen LogP contribution in [-0.2, 0) is 19.1 Å². The highest BCUT2D eigenvalue weighted by molar-refractivity contribution is 5.97. The summed E-state index contributed by atoms with van der Waals surface area (Å²) in [4.78, 5) is 22.0. The van der Waals surface area contributed by atoms with Gasteiger partial charge in [0.2, 0.25) is 0 Å². The summed E-state index contributed by atoms with van der Waals surface area (Å²) in [6.07, 6.45) is 3.86. The Kier molecular flexibility index (Phi) is 5.95. The Labute approximate surface area is 119 Å². The molecule has 1 aliphatic heterocycles. The molecule has 0 atom stereocenters. The summed E-state index contributed by atoms with van der Waals surface area (Å²) in [5.74, 6) is -3.04. The van der Waals surface area contributed by atoms with E-state index in [1.54, 1.807) is 0 Å². The van der Waals surface area contributed by atoms with Crippen LogP contribution in [0.15, 0.2) is 0 Å². The third-order valence-electron chi connectivity index (χ3n) is 4.03. The third kappa shape index (κ3) is 3.93. The molecule has 1 aliphatic rings. The summed E-state index contributed by atoms with van der Waals surface area (Å²) in [5.41, 5.74) is -1.69. The summed E-state index contributed by atoms with van der Waals surface area (Å²) < 4.78 is 11.2. The van der Waals surface area contributed by atoms with Crippen LogP contribution in [0.1, 0.15) is 52.4 Å². The monoisotopic (exact) mass is 288 g/mol. The van der Waals surface area contributed by atoms with Gasteiger partial charge in [0.1, 0.15) is 0 Å². The van der Waals surface area contributed by atoms with Gasteiger partial charge in [-0.25, -0.2) is 0 Å². The highest BCUT2D eigenvalue weighted by Crippen LogP contribution is 2.30. The Balaban J connectivity index is 2.31. The number of rotatable bonds is 9. The van der Waals surface area contributed by atoms with Gasteiger partial charge in [0.25, 0.3) is 0 Å². The van der Waals surface area contributed by atoms with Gasteiger partial charge in [0.05, 0.1) is 13.2 Å². The molecule has 20 heavy (non-hydrogen) atoms. The Morgan fingerprint density at radius 1 is 1.10 bits per heavy atom. The Hall–Kier alpha value is -1.14. The van der Waals surface area contributed by atoms with Crippen LogP contribution >= 0.6 is 0 Å². The van der Waals surface area contributed by atoms with Gasteiger partial charge in [-0.2, -0.15) is 0 Å². The lowest BCUT2D eigenvalue weighted by atomic mass is 9.84. The fourth-order valence-corrected chi connectivity index (χ4v) is 2.38. The van der Waals surface area contributed by atoms with E-state index in [0.717, 1.165) is 25.7 Å². The number of carboxylic acid groups (broad SMARTS) is 2. The summed E-state index contributed by atoms with van der Waals surface area (Å²) >= 11 is 0. The van der Waals surface area contributed by atoms with Crippen molar-refractivity contribution in [2.24, 2.45) is 5.41 Å². The second kappa shape index (κ2) is 7.04. The van der Waals surface area contributed by atoms with Crippen LogP contribution in [0.4, 0.5) is 0 Å². The molecule has 0 aromatic carbocycles. The Bertz CT molecular complexity index is 332. The predicted molar refractivity (Wildman–Crippen MR) is 71.4 cm³/mol. The smallest absolute Gasteiger partial charge is 0.320 e. The molecule has 0 aromatic rings. The number of carboxylic acids is 2. The van der Waals surface area contributed by atoms with Crippen molar-refractivity contribution < 1.29 is 29.3 Å². The maximum atomic E-state index is 11.0. The van der Waals surface area contributed by atoms with E-state index in [4.69, 9.17) is 19.7 Å². The van der Waals surface area contributed by atoms with E-state index >= 15 is 0 Å². The zero-order valence-corrected chi connectivity index (χ0v) is 12.2. The van der Waals surface area contributed by atoms with E-state index in [1.807, 2.05) is 6.92 Å². The largest absolute Gasteiger partial charge is 0.480 e. The molecule has 1 saturated heterocycles. The molecule has 2 N–H and O–H groups in total. The number of carbonyl (C=O) groups is 2. The van der Waals surface area contributed by atoms with Gasteiger partial charge in [0.15, 0.2) is 11.2 Å². The Morgan fingerprint density at radius 2 is 1.65 bits per heavy atom. The summed E-state index contributed by atoms with van der Waals surface area (Å²) in [5, 5.41) is 18.0. The normalized spacial score (nSPS) is 18.1. The van der Waals surface area contributed by atoms with E-state index in [9.17, 15) is 9.59 Å². The second-order valence-electron chi connectivity index (χ2n) is 5.46. The molecule has 1 rings (SSSR count). The first-order valence-corrected chi connectivity index (χ1v) is 7.11. The summed E-state index contributed by atoms with van der Waals surface area (Å²) in [6, 6.07) is 0. The fraction of sp³-hybridized carbons (Fsp3) is 0.857. The minimum atomic E-state index is -1.69. The van der Waals surface area contributed by atoms with Gasteiger partial charge < -0.3 is 19.7 Å². The van der Waals surface area contributed by atoms with Crippen LogP contribution in [-0.4, -0.2) is 41.2 Å². The molecule has 6 heteroatoms. The van der Waals surface area contributed by atoms with Crippen LogP contribution in [0.5, 0.6) is 0 Å². The third-order valence-corrected chi connectivity index (χ3v) is 4.03. The van der Waals surface area contributed by atoms with Crippen molar-refractivity contribution in [3.8, 4) is 0 Å². The lowest BCUT2D eigenvalue weighted by molar-refractivity contribution is -0.166. The standard InChI is InChI=1S/C14H24O6/c1-3-14(19-9-10-20-14)8-6-4-5-7-13(2,11(15)16)12(17)18/h3-10H2,1-2H3,(H,15,16)(H,17,18). The average Bonchev–Trinajstić information content (AvgIpc) is 2.87.